The highest BCUT2D eigenvalue weighted by atomic mass is 19.1. The lowest BCUT2D eigenvalue weighted by Gasteiger charge is -2.42. The summed E-state index contributed by atoms with van der Waals surface area (Å²) in [6.07, 6.45) is 4.22. The Bertz CT molecular complexity index is 502. The minimum Gasteiger partial charge on any atom is -0.207 e. The first-order valence-corrected chi connectivity index (χ1v) is 6.98. The van der Waals surface area contributed by atoms with Gasteiger partial charge in [0.1, 0.15) is 11.6 Å². The zero-order valence-electron chi connectivity index (χ0n) is 12.1. The molecule has 0 saturated carbocycles. The zero-order chi connectivity index (χ0) is 14.2. The van der Waals surface area contributed by atoms with E-state index in [9.17, 15) is 8.78 Å². The molecule has 0 bridgehead atoms. The predicted molar refractivity (Wildman–Crippen MR) is 75.0 cm³/mol. The van der Waals surface area contributed by atoms with E-state index in [-0.39, 0.29) is 11.6 Å². The van der Waals surface area contributed by atoms with E-state index in [2.05, 4.69) is 26.8 Å². The standard InChI is InChI=1S/C17H22F2/c1-11(2)14-7-5-12(3)10-17(14,4)15-9-13(18)6-8-16(15)19/h6,8-11,14H,5,7H2,1-4H3/t14?,17-/m0/s1. The van der Waals surface area contributed by atoms with Crippen LogP contribution in [0.3, 0.4) is 0 Å². The van der Waals surface area contributed by atoms with Crippen molar-refractivity contribution >= 4 is 0 Å². The third-order valence-electron chi connectivity index (χ3n) is 4.48. The lowest BCUT2D eigenvalue weighted by atomic mass is 9.62. The van der Waals surface area contributed by atoms with E-state index in [4.69, 9.17) is 0 Å². The van der Waals surface area contributed by atoms with Gasteiger partial charge < -0.3 is 0 Å². The molecule has 0 fully saturated rings. The maximum absolute atomic E-state index is 14.2. The summed E-state index contributed by atoms with van der Waals surface area (Å²) >= 11 is 0. The van der Waals surface area contributed by atoms with E-state index in [0.29, 0.717) is 17.4 Å². The first kappa shape index (κ1) is 14.2. The van der Waals surface area contributed by atoms with Gasteiger partial charge in [0.15, 0.2) is 0 Å². The van der Waals surface area contributed by atoms with Crippen LogP contribution >= 0.6 is 0 Å². The fourth-order valence-corrected chi connectivity index (χ4v) is 3.59. The van der Waals surface area contributed by atoms with Gasteiger partial charge in [-0.25, -0.2) is 8.78 Å². The molecule has 2 rings (SSSR count). The molecule has 104 valence electrons. The highest BCUT2D eigenvalue weighted by Crippen LogP contribution is 2.46. The fraction of sp³-hybridized carbons (Fsp3) is 0.529. The van der Waals surface area contributed by atoms with Gasteiger partial charge in [-0.2, -0.15) is 0 Å². The summed E-state index contributed by atoms with van der Waals surface area (Å²) in [6.45, 7) is 8.44. The maximum atomic E-state index is 14.2. The Morgan fingerprint density at radius 1 is 1.26 bits per heavy atom. The zero-order valence-corrected chi connectivity index (χ0v) is 12.1. The van der Waals surface area contributed by atoms with E-state index in [1.54, 1.807) is 0 Å². The molecule has 1 aliphatic carbocycles. The van der Waals surface area contributed by atoms with Crippen molar-refractivity contribution in [2.45, 2.75) is 46.0 Å². The third-order valence-corrected chi connectivity index (χ3v) is 4.48. The van der Waals surface area contributed by atoms with Gasteiger partial charge in [-0.3, -0.25) is 0 Å². The van der Waals surface area contributed by atoms with Crippen molar-refractivity contribution in [1.29, 1.82) is 0 Å². The van der Waals surface area contributed by atoms with Gasteiger partial charge in [-0.15, -0.1) is 0 Å². The Balaban J connectivity index is 2.59. The molecule has 1 aromatic carbocycles. The van der Waals surface area contributed by atoms with Crippen LogP contribution in [0.5, 0.6) is 0 Å². The van der Waals surface area contributed by atoms with Crippen LogP contribution in [0.2, 0.25) is 0 Å². The highest BCUT2D eigenvalue weighted by molar-refractivity contribution is 5.36. The van der Waals surface area contributed by atoms with Gasteiger partial charge in [-0.1, -0.05) is 32.4 Å². The van der Waals surface area contributed by atoms with Crippen molar-refractivity contribution in [3.05, 3.63) is 47.0 Å². The number of benzene rings is 1. The minimum absolute atomic E-state index is 0.305. The Morgan fingerprint density at radius 2 is 1.95 bits per heavy atom. The molecule has 0 spiro atoms. The molecule has 0 amide bonds. The Morgan fingerprint density at radius 3 is 2.58 bits per heavy atom. The summed E-state index contributed by atoms with van der Waals surface area (Å²) in [4.78, 5) is 0. The van der Waals surface area contributed by atoms with Gasteiger partial charge in [0.2, 0.25) is 0 Å². The molecule has 0 saturated heterocycles. The van der Waals surface area contributed by atoms with Crippen molar-refractivity contribution in [1.82, 2.24) is 0 Å². The third kappa shape index (κ3) is 2.58. The number of rotatable bonds is 2. The van der Waals surface area contributed by atoms with Gasteiger partial charge in [0.05, 0.1) is 0 Å². The average Bonchev–Trinajstić information content (AvgIpc) is 2.31. The summed E-state index contributed by atoms with van der Waals surface area (Å²) in [5.74, 6) is 0.113. The topological polar surface area (TPSA) is 0 Å². The maximum Gasteiger partial charge on any atom is 0.127 e. The van der Waals surface area contributed by atoms with Gasteiger partial charge in [0.25, 0.3) is 0 Å². The molecule has 0 heterocycles. The van der Waals surface area contributed by atoms with Crippen LogP contribution in [0, 0.1) is 23.5 Å². The molecule has 0 nitrogen and oxygen atoms in total. The molecule has 0 aromatic heterocycles. The summed E-state index contributed by atoms with van der Waals surface area (Å²) in [7, 11) is 0. The molecule has 19 heavy (non-hydrogen) atoms. The normalized spacial score (nSPS) is 27.5. The average molecular weight is 264 g/mol. The van der Waals surface area contributed by atoms with Crippen LogP contribution in [0.4, 0.5) is 8.78 Å². The molecule has 0 N–H and O–H groups in total. The lowest BCUT2D eigenvalue weighted by molar-refractivity contribution is 0.231. The number of halogens is 2. The molecule has 1 aromatic rings. The summed E-state index contributed by atoms with van der Waals surface area (Å²) in [5.41, 5.74) is 1.34. The Kier molecular flexibility index (Phi) is 3.80. The Labute approximate surface area is 114 Å². The second-order valence-corrected chi connectivity index (χ2v) is 6.29. The van der Waals surface area contributed by atoms with Gasteiger partial charge in [0, 0.05) is 11.0 Å². The van der Waals surface area contributed by atoms with E-state index < -0.39 is 5.41 Å². The predicted octanol–water partition coefficient (Wildman–Crippen LogP) is 5.23. The van der Waals surface area contributed by atoms with Crippen LogP contribution in [-0.2, 0) is 5.41 Å². The smallest absolute Gasteiger partial charge is 0.127 e. The van der Waals surface area contributed by atoms with Crippen LogP contribution in [-0.4, -0.2) is 0 Å². The minimum atomic E-state index is -0.414. The Hall–Kier alpha value is -1.18. The van der Waals surface area contributed by atoms with Crippen molar-refractivity contribution in [3.8, 4) is 0 Å². The highest BCUT2D eigenvalue weighted by Gasteiger charge is 2.39. The quantitative estimate of drug-likeness (QED) is 0.641. The molecule has 1 unspecified atom stereocenters. The van der Waals surface area contributed by atoms with Gasteiger partial charge in [-0.05, 0) is 49.8 Å². The largest absolute Gasteiger partial charge is 0.207 e. The van der Waals surface area contributed by atoms with E-state index >= 15 is 0 Å². The number of hydrogen-bond donors (Lipinski definition) is 0. The number of hydrogen-bond acceptors (Lipinski definition) is 0. The van der Waals surface area contributed by atoms with Crippen LogP contribution in [0.15, 0.2) is 29.8 Å². The van der Waals surface area contributed by atoms with Crippen molar-refractivity contribution in [2.24, 2.45) is 11.8 Å². The van der Waals surface area contributed by atoms with E-state index in [0.717, 1.165) is 12.8 Å². The van der Waals surface area contributed by atoms with E-state index in [1.807, 2.05) is 6.92 Å². The molecule has 1 aliphatic rings. The second kappa shape index (κ2) is 5.07. The van der Waals surface area contributed by atoms with Gasteiger partial charge >= 0.3 is 0 Å². The first-order chi connectivity index (χ1) is 8.84. The van der Waals surface area contributed by atoms with E-state index in [1.165, 1.54) is 23.8 Å². The molecule has 0 aliphatic heterocycles. The van der Waals surface area contributed by atoms with Crippen LogP contribution < -0.4 is 0 Å². The molecule has 2 heteroatoms. The first-order valence-electron chi connectivity index (χ1n) is 6.98. The van der Waals surface area contributed by atoms with Crippen molar-refractivity contribution < 1.29 is 8.78 Å². The summed E-state index contributed by atoms with van der Waals surface area (Å²) < 4.78 is 27.7. The molecular formula is C17H22F2. The summed E-state index contributed by atoms with van der Waals surface area (Å²) in [6, 6.07) is 3.79. The lowest BCUT2D eigenvalue weighted by Crippen LogP contribution is -2.37. The monoisotopic (exact) mass is 264 g/mol. The number of allylic oxidation sites excluding steroid dienone is 2. The van der Waals surface area contributed by atoms with Crippen LogP contribution in [0.25, 0.3) is 0 Å². The molecular weight excluding hydrogens is 242 g/mol. The van der Waals surface area contributed by atoms with Crippen molar-refractivity contribution in [2.75, 3.05) is 0 Å². The second-order valence-electron chi connectivity index (χ2n) is 6.29. The SMILES string of the molecule is CC1=C[C@](C)(c2cc(F)ccc2F)C(C(C)C)CC1. The fourth-order valence-electron chi connectivity index (χ4n) is 3.59. The molecule has 0 radical (unpaired) electrons. The molecule has 2 atom stereocenters. The van der Waals surface area contributed by atoms with Crippen LogP contribution in [0.1, 0.15) is 46.1 Å². The summed E-state index contributed by atoms with van der Waals surface area (Å²) in [5, 5.41) is 0. The van der Waals surface area contributed by atoms with Crippen molar-refractivity contribution in [3.63, 3.8) is 0 Å².